The number of amides is 1. The van der Waals surface area contributed by atoms with Crippen LogP contribution in [-0.4, -0.2) is 19.0 Å². The fourth-order valence-electron chi connectivity index (χ4n) is 2.05. The van der Waals surface area contributed by atoms with Crippen LogP contribution in [0.5, 0.6) is 0 Å². The maximum Gasteiger partial charge on any atom is 0.238 e. The Bertz CT molecular complexity index is 617. The predicted octanol–water partition coefficient (Wildman–Crippen LogP) is 4.15. The van der Waals surface area contributed by atoms with Gasteiger partial charge in [-0.2, -0.15) is 0 Å². The fraction of sp³-hybridized carbons (Fsp3) is 0.235. The molecule has 2 N–H and O–H groups in total. The number of carbonyl (C=O) groups is 1. The zero-order valence-electron chi connectivity index (χ0n) is 12.1. The zero-order chi connectivity index (χ0) is 15.8. The van der Waals surface area contributed by atoms with Crippen molar-refractivity contribution >= 4 is 34.8 Å². The van der Waals surface area contributed by atoms with Crippen molar-refractivity contribution in [1.82, 2.24) is 5.32 Å². The van der Waals surface area contributed by atoms with Gasteiger partial charge in [-0.1, -0.05) is 53.5 Å². The lowest BCUT2D eigenvalue weighted by Gasteiger charge is -2.08. The van der Waals surface area contributed by atoms with Gasteiger partial charge in [-0.15, -0.1) is 0 Å². The highest BCUT2D eigenvalue weighted by Crippen LogP contribution is 2.25. The Morgan fingerprint density at radius 2 is 1.82 bits per heavy atom. The van der Waals surface area contributed by atoms with Crippen LogP contribution in [0.1, 0.15) is 12.0 Å². The summed E-state index contributed by atoms with van der Waals surface area (Å²) in [4.78, 5) is 11.8. The summed E-state index contributed by atoms with van der Waals surface area (Å²) in [5, 5.41) is 6.86. The van der Waals surface area contributed by atoms with Gasteiger partial charge in [-0.3, -0.25) is 4.79 Å². The van der Waals surface area contributed by atoms with Crippen LogP contribution in [0.4, 0.5) is 5.69 Å². The van der Waals surface area contributed by atoms with Crippen molar-refractivity contribution in [1.29, 1.82) is 0 Å². The largest absolute Gasteiger partial charge is 0.324 e. The summed E-state index contributed by atoms with van der Waals surface area (Å²) in [6, 6.07) is 15.3. The molecular formula is C17H18Cl2N2O. The third-order valence-electron chi connectivity index (χ3n) is 3.15. The van der Waals surface area contributed by atoms with Crippen LogP contribution in [0.3, 0.4) is 0 Å². The van der Waals surface area contributed by atoms with E-state index < -0.39 is 0 Å². The lowest BCUT2D eigenvalue weighted by atomic mass is 10.1. The molecule has 2 aromatic rings. The van der Waals surface area contributed by atoms with Gasteiger partial charge in [0, 0.05) is 5.02 Å². The van der Waals surface area contributed by atoms with Crippen molar-refractivity contribution in [2.75, 3.05) is 18.4 Å². The minimum absolute atomic E-state index is 0.121. The Morgan fingerprint density at radius 1 is 1.05 bits per heavy atom. The van der Waals surface area contributed by atoms with Gasteiger partial charge < -0.3 is 10.6 Å². The standard InChI is InChI=1S/C17H18Cl2N2O/c18-14-8-9-16(15(19)11-14)21-17(22)12-20-10-4-7-13-5-2-1-3-6-13/h1-3,5-6,8-9,11,20H,4,7,10,12H2,(H,21,22). The highest BCUT2D eigenvalue weighted by Gasteiger charge is 2.05. The topological polar surface area (TPSA) is 41.1 Å². The van der Waals surface area contributed by atoms with Crippen LogP contribution >= 0.6 is 23.2 Å². The second-order valence-corrected chi connectivity index (χ2v) is 5.78. The Kier molecular flexibility index (Phi) is 6.72. The first-order chi connectivity index (χ1) is 10.6. The van der Waals surface area contributed by atoms with E-state index in [1.807, 2.05) is 18.2 Å². The molecule has 2 rings (SSSR count). The van der Waals surface area contributed by atoms with Gasteiger partial charge in [0.05, 0.1) is 17.3 Å². The molecule has 0 saturated carbocycles. The summed E-state index contributed by atoms with van der Waals surface area (Å²) in [7, 11) is 0. The van der Waals surface area contributed by atoms with Crippen LogP contribution in [0.15, 0.2) is 48.5 Å². The van der Waals surface area contributed by atoms with Gasteiger partial charge in [-0.25, -0.2) is 0 Å². The second kappa shape index (κ2) is 8.79. The average molecular weight is 337 g/mol. The van der Waals surface area contributed by atoms with Crippen molar-refractivity contribution in [2.24, 2.45) is 0 Å². The maximum absolute atomic E-state index is 11.8. The molecule has 3 nitrogen and oxygen atoms in total. The highest BCUT2D eigenvalue weighted by molar-refractivity contribution is 6.36. The SMILES string of the molecule is O=C(CNCCCc1ccccc1)Nc1ccc(Cl)cc1Cl. The number of aryl methyl sites for hydroxylation is 1. The van der Waals surface area contributed by atoms with Crippen molar-refractivity contribution < 1.29 is 4.79 Å². The second-order valence-electron chi connectivity index (χ2n) is 4.94. The van der Waals surface area contributed by atoms with E-state index in [1.54, 1.807) is 18.2 Å². The number of anilines is 1. The summed E-state index contributed by atoms with van der Waals surface area (Å²) in [5.41, 5.74) is 1.88. The highest BCUT2D eigenvalue weighted by atomic mass is 35.5. The van der Waals surface area contributed by atoms with E-state index in [4.69, 9.17) is 23.2 Å². The zero-order valence-corrected chi connectivity index (χ0v) is 13.6. The molecule has 0 aromatic heterocycles. The molecule has 0 aliphatic carbocycles. The first-order valence-electron chi connectivity index (χ1n) is 7.15. The van der Waals surface area contributed by atoms with Gasteiger partial charge in [0.1, 0.15) is 0 Å². The quantitative estimate of drug-likeness (QED) is 0.745. The van der Waals surface area contributed by atoms with Gasteiger partial charge in [0.15, 0.2) is 0 Å². The van der Waals surface area contributed by atoms with Crippen molar-refractivity contribution in [3.05, 3.63) is 64.1 Å². The minimum Gasteiger partial charge on any atom is -0.324 e. The molecule has 0 bridgehead atoms. The van der Waals surface area contributed by atoms with Gasteiger partial charge in [0.2, 0.25) is 5.91 Å². The molecule has 1 amide bonds. The summed E-state index contributed by atoms with van der Waals surface area (Å²) in [5.74, 6) is -0.121. The lowest BCUT2D eigenvalue weighted by molar-refractivity contribution is -0.115. The molecule has 0 fully saturated rings. The van der Waals surface area contributed by atoms with Crippen molar-refractivity contribution in [3.63, 3.8) is 0 Å². The van der Waals surface area contributed by atoms with Crippen molar-refractivity contribution in [2.45, 2.75) is 12.8 Å². The van der Waals surface area contributed by atoms with Crippen LogP contribution < -0.4 is 10.6 Å². The lowest BCUT2D eigenvalue weighted by Crippen LogP contribution is -2.29. The molecule has 5 heteroatoms. The van der Waals surface area contributed by atoms with E-state index in [2.05, 4.69) is 22.8 Å². The smallest absolute Gasteiger partial charge is 0.238 e. The fourth-order valence-corrected chi connectivity index (χ4v) is 2.51. The molecule has 116 valence electrons. The summed E-state index contributed by atoms with van der Waals surface area (Å²) < 4.78 is 0. The maximum atomic E-state index is 11.8. The van der Waals surface area contributed by atoms with Crippen LogP contribution in [-0.2, 0) is 11.2 Å². The van der Waals surface area contributed by atoms with E-state index in [-0.39, 0.29) is 12.5 Å². The first-order valence-corrected chi connectivity index (χ1v) is 7.90. The van der Waals surface area contributed by atoms with E-state index in [0.717, 1.165) is 19.4 Å². The van der Waals surface area contributed by atoms with Crippen molar-refractivity contribution in [3.8, 4) is 0 Å². The summed E-state index contributed by atoms with van der Waals surface area (Å²) >= 11 is 11.8. The third kappa shape index (κ3) is 5.68. The molecule has 0 aliphatic rings. The number of carbonyl (C=O) groups excluding carboxylic acids is 1. The number of nitrogens with one attached hydrogen (secondary N) is 2. The van der Waals surface area contributed by atoms with E-state index >= 15 is 0 Å². The molecule has 2 aromatic carbocycles. The Labute approximate surface area is 140 Å². The van der Waals surface area contributed by atoms with E-state index in [9.17, 15) is 4.79 Å². The van der Waals surface area contributed by atoms with Crippen LogP contribution in [0, 0.1) is 0 Å². The Morgan fingerprint density at radius 3 is 2.55 bits per heavy atom. The normalized spacial score (nSPS) is 10.5. The summed E-state index contributed by atoms with van der Waals surface area (Å²) in [6.45, 7) is 1.05. The number of rotatable bonds is 7. The van der Waals surface area contributed by atoms with Crippen LogP contribution in [0.2, 0.25) is 10.0 Å². The number of halogens is 2. The monoisotopic (exact) mass is 336 g/mol. The van der Waals surface area contributed by atoms with Gasteiger partial charge >= 0.3 is 0 Å². The Balaban J connectivity index is 1.65. The molecule has 0 radical (unpaired) electrons. The number of hydrogen-bond donors (Lipinski definition) is 2. The molecule has 0 heterocycles. The molecule has 0 aliphatic heterocycles. The Hall–Kier alpha value is -1.55. The molecule has 0 spiro atoms. The molecule has 0 unspecified atom stereocenters. The van der Waals surface area contributed by atoms with Crippen LogP contribution in [0.25, 0.3) is 0 Å². The van der Waals surface area contributed by atoms with E-state index in [1.165, 1.54) is 5.56 Å². The summed E-state index contributed by atoms with van der Waals surface area (Å²) in [6.07, 6.45) is 1.98. The molecule has 0 saturated heterocycles. The third-order valence-corrected chi connectivity index (χ3v) is 3.70. The average Bonchev–Trinajstić information content (AvgIpc) is 2.51. The molecular weight excluding hydrogens is 319 g/mol. The first kappa shape index (κ1) is 16.8. The molecule has 22 heavy (non-hydrogen) atoms. The van der Waals surface area contributed by atoms with Gasteiger partial charge in [0.25, 0.3) is 0 Å². The van der Waals surface area contributed by atoms with Gasteiger partial charge in [-0.05, 0) is 43.1 Å². The number of hydrogen-bond acceptors (Lipinski definition) is 2. The van der Waals surface area contributed by atoms with E-state index in [0.29, 0.717) is 15.7 Å². The number of benzene rings is 2. The predicted molar refractivity (Wildman–Crippen MR) is 92.7 cm³/mol. The minimum atomic E-state index is -0.121. The molecule has 0 atom stereocenters.